The van der Waals surface area contributed by atoms with Gasteiger partial charge in [-0.05, 0) is 32.2 Å². The largest absolute Gasteiger partial charge is 0.398 e. The van der Waals surface area contributed by atoms with Gasteiger partial charge in [0.15, 0.2) is 0 Å². The average Bonchev–Trinajstić information content (AvgIpc) is 2.35. The molecule has 1 unspecified atom stereocenters. The molecule has 2 rings (SSSR count). The molecule has 18 heavy (non-hydrogen) atoms. The van der Waals surface area contributed by atoms with Crippen LogP contribution in [-0.2, 0) is 0 Å². The van der Waals surface area contributed by atoms with E-state index < -0.39 is 5.82 Å². The number of nitrogens with two attached hydrogens (primary N) is 1. The van der Waals surface area contributed by atoms with Crippen molar-refractivity contribution in [2.75, 3.05) is 32.4 Å². The Bertz CT molecular complexity index is 464. The topological polar surface area (TPSA) is 49.6 Å². The van der Waals surface area contributed by atoms with Crippen molar-refractivity contribution in [2.24, 2.45) is 0 Å². The maximum Gasteiger partial charge on any atom is 0.256 e. The number of halogens is 1. The molecule has 1 aromatic rings. The molecule has 0 spiro atoms. The smallest absolute Gasteiger partial charge is 0.256 e. The first-order valence-corrected chi connectivity index (χ1v) is 6.03. The number of nitrogen functional groups attached to an aromatic ring is 1. The number of rotatable bonds is 1. The predicted octanol–water partition coefficient (Wildman–Crippen LogP) is 1.18. The predicted molar refractivity (Wildman–Crippen MR) is 68.8 cm³/mol. The van der Waals surface area contributed by atoms with Gasteiger partial charge >= 0.3 is 0 Å². The molecule has 1 fully saturated rings. The molecule has 0 saturated carbocycles. The minimum absolute atomic E-state index is 0.188. The highest BCUT2D eigenvalue weighted by molar-refractivity contribution is 5.99. The lowest BCUT2D eigenvalue weighted by Gasteiger charge is -2.37. The van der Waals surface area contributed by atoms with Crippen molar-refractivity contribution in [3.8, 4) is 0 Å². The molecule has 1 aliphatic rings. The summed E-state index contributed by atoms with van der Waals surface area (Å²) in [7, 11) is 2.03. The lowest BCUT2D eigenvalue weighted by molar-refractivity contribution is 0.0573. The zero-order chi connectivity index (χ0) is 13.3. The van der Waals surface area contributed by atoms with Crippen molar-refractivity contribution in [3.63, 3.8) is 0 Å². The van der Waals surface area contributed by atoms with Crippen LogP contribution >= 0.6 is 0 Å². The van der Waals surface area contributed by atoms with E-state index in [9.17, 15) is 9.18 Å². The van der Waals surface area contributed by atoms with E-state index >= 15 is 0 Å². The van der Waals surface area contributed by atoms with E-state index in [1.807, 2.05) is 7.05 Å². The number of likely N-dealkylation sites (N-methyl/N-ethyl adjacent to an activating group) is 1. The highest BCUT2D eigenvalue weighted by Gasteiger charge is 2.26. The monoisotopic (exact) mass is 251 g/mol. The summed E-state index contributed by atoms with van der Waals surface area (Å²) in [5, 5.41) is 0. The van der Waals surface area contributed by atoms with Crippen molar-refractivity contribution in [1.29, 1.82) is 0 Å². The summed E-state index contributed by atoms with van der Waals surface area (Å²) in [6, 6.07) is 4.21. The van der Waals surface area contributed by atoms with E-state index in [4.69, 9.17) is 5.73 Å². The molecule has 0 aromatic heterocycles. The molecule has 4 nitrogen and oxygen atoms in total. The fourth-order valence-electron chi connectivity index (χ4n) is 2.12. The summed E-state index contributed by atoms with van der Waals surface area (Å²) < 4.78 is 13.2. The molecule has 0 aliphatic carbocycles. The lowest BCUT2D eigenvalue weighted by Crippen LogP contribution is -2.52. The Labute approximate surface area is 106 Å². The Kier molecular flexibility index (Phi) is 3.52. The molecule has 2 N–H and O–H groups in total. The quantitative estimate of drug-likeness (QED) is 0.763. The number of carbonyl (C=O) groups excluding carboxylic acids is 1. The van der Waals surface area contributed by atoms with Crippen molar-refractivity contribution < 1.29 is 9.18 Å². The van der Waals surface area contributed by atoms with Gasteiger partial charge in [-0.15, -0.1) is 0 Å². The average molecular weight is 251 g/mol. The first-order chi connectivity index (χ1) is 8.49. The van der Waals surface area contributed by atoms with Gasteiger partial charge in [0.05, 0.1) is 5.56 Å². The molecule has 0 radical (unpaired) electrons. The molecule has 1 amide bonds. The third kappa shape index (κ3) is 2.46. The number of nitrogens with zero attached hydrogens (tertiary/aromatic N) is 2. The second-order valence-electron chi connectivity index (χ2n) is 4.81. The Balaban J connectivity index is 2.19. The van der Waals surface area contributed by atoms with Crippen molar-refractivity contribution in [1.82, 2.24) is 9.80 Å². The van der Waals surface area contributed by atoms with E-state index in [0.29, 0.717) is 24.8 Å². The van der Waals surface area contributed by atoms with Gasteiger partial charge in [-0.1, -0.05) is 0 Å². The molecule has 98 valence electrons. The highest BCUT2D eigenvalue weighted by atomic mass is 19.1. The van der Waals surface area contributed by atoms with Gasteiger partial charge in [-0.3, -0.25) is 4.79 Å². The van der Waals surface area contributed by atoms with Crippen molar-refractivity contribution in [2.45, 2.75) is 13.0 Å². The number of piperazine rings is 1. The first-order valence-electron chi connectivity index (χ1n) is 6.03. The molecule has 5 heteroatoms. The number of hydrogen-bond donors (Lipinski definition) is 1. The molecule has 0 bridgehead atoms. The van der Waals surface area contributed by atoms with E-state index in [-0.39, 0.29) is 11.5 Å². The number of amides is 1. The molecule has 1 saturated heterocycles. The second-order valence-corrected chi connectivity index (χ2v) is 4.81. The van der Waals surface area contributed by atoms with Gasteiger partial charge in [0.1, 0.15) is 5.82 Å². The normalized spacial score (nSPS) is 21.1. The van der Waals surface area contributed by atoms with Crippen LogP contribution in [0.15, 0.2) is 18.2 Å². The van der Waals surface area contributed by atoms with Crippen LogP contribution in [0, 0.1) is 5.82 Å². The third-order valence-electron chi connectivity index (χ3n) is 3.49. The highest BCUT2D eigenvalue weighted by Crippen LogP contribution is 2.18. The summed E-state index contributed by atoms with van der Waals surface area (Å²) in [4.78, 5) is 16.2. The van der Waals surface area contributed by atoms with E-state index in [1.54, 1.807) is 4.90 Å². The summed E-state index contributed by atoms with van der Waals surface area (Å²) in [5.74, 6) is -0.623. The van der Waals surface area contributed by atoms with Crippen LogP contribution in [0.5, 0.6) is 0 Å². The van der Waals surface area contributed by atoms with Crippen LogP contribution in [0.1, 0.15) is 17.3 Å². The van der Waals surface area contributed by atoms with Crippen LogP contribution in [0.3, 0.4) is 0 Å². The fourth-order valence-corrected chi connectivity index (χ4v) is 2.12. The van der Waals surface area contributed by atoms with E-state index in [1.165, 1.54) is 18.2 Å². The maximum atomic E-state index is 13.2. The second kappa shape index (κ2) is 4.94. The van der Waals surface area contributed by atoms with Crippen LogP contribution in [0.2, 0.25) is 0 Å². The third-order valence-corrected chi connectivity index (χ3v) is 3.49. The van der Waals surface area contributed by atoms with Crippen LogP contribution < -0.4 is 5.73 Å². The summed E-state index contributed by atoms with van der Waals surface area (Å²) in [6.07, 6.45) is 0. The zero-order valence-corrected chi connectivity index (χ0v) is 10.7. The van der Waals surface area contributed by atoms with Crippen LogP contribution in [-0.4, -0.2) is 48.4 Å². The van der Waals surface area contributed by atoms with Crippen molar-refractivity contribution in [3.05, 3.63) is 29.6 Å². The first kappa shape index (κ1) is 12.8. The van der Waals surface area contributed by atoms with Gasteiger partial charge < -0.3 is 15.5 Å². The Morgan fingerprint density at radius 1 is 1.44 bits per heavy atom. The summed E-state index contributed by atoms with van der Waals surface area (Å²) >= 11 is 0. The number of anilines is 1. The Hall–Kier alpha value is -1.62. The number of benzene rings is 1. The van der Waals surface area contributed by atoms with Gasteiger partial charge in [0.25, 0.3) is 5.91 Å². The maximum absolute atomic E-state index is 13.2. The summed E-state index contributed by atoms with van der Waals surface area (Å²) in [6.45, 7) is 4.18. The Morgan fingerprint density at radius 2 is 2.17 bits per heavy atom. The standard InChI is InChI=1S/C13H18FN3O/c1-9-8-17(6-5-16(9)2)13(18)11-7-10(14)3-4-12(11)15/h3-4,7,9H,5-6,8,15H2,1-2H3. The SMILES string of the molecule is CC1CN(C(=O)c2cc(F)ccc2N)CCN1C. The minimum Gasteiger partial charge on any atom is -0.398 e. The van der Waals surface area contributed by atoms with Gasteiger partial charge in [0.2, 0.25) is 0 Å². The molecule has 1 aliphatic heterocycles. The number of hydrogen-bond acceptors (Lipinski definition) is 3. The van der Waals surface area contributed by atoms with Crippen LogP contribution in [0.4, 0.5) is 10.1 Å². The number of carbonyl (C=O) groups is 1. The lowest BCUT2D eigenvalue weighted by atomic mass is 10.1. The zero-order valence-electron chi connectivity index (χ0n) is 10.7. The summed E-state index contributed by atoms with van der Waals surface area (Å²) in [5.41, 5.74) is 6.32. The fraction of sp³-hybridized carbons (Fsp3) is 0.462. The molecular formula is C13H18FN3O. The van der Waals surface area contributed by atoms with E-state index in [2.05, 4.69) is 11.8 Å². The van der Waals surface area contributed by atoms with Gasteiger partial charge in [0, 0.05) is 31.4 Å². The molecule has 1 atom stereocenters. The van der Waals surface area contributed by atoms with Gasteiger partial charge in [-0.25, -0.2) is 4.39 Å². The van der Waals surface area contributed by atoms with Gasteiger partial charge in [-0.2, -0.15) is 0 Å². The Morgan fingerprint density at radius 3 is 2.83 bits per heavy atom. The molecular weight excluding hydrogens is 233 g/mol. The molecule has 1 heterocycles. The van der Waals surface area contributed by atoms with E-state index in [0.717, 1.165) is 6.54 Å². The van der Waals surface area contributed by atoms with Crippen LogP contribution in [0.25, 0.3) is 0 Å². The molecule has 1 aromatic carbocycles. The van der Waals surface area contributed by atoms with Crippen molar-refractivity contribution >= 4 is 11.6 Å². The minimum atomic E-state index is -0.435.